The smallest absolute Gasteiger partial charge is 0.132 e. The summed E-state index contributed by atoms with van der Waals surface area (Å²) in [6, 6.07) is 1.86. The molecule has 3 N–H and O–H groups in total. The largest absolute Gasteiger partial charge is 0.386 e. The van der Waals surface area contributed by atoms with Crippen LogP contribution in [0.25, 0.3) is 0 Å². The number of hydrogen-bond donors (Lipinski definition) is 2. The van der Waals surface area contributed by atoms with E-state index in [4.69, 9.17) is 5.73 Å². The van der Waals surface area contributed by atoms with Crippen molar-refractivity contribution in [2.24, 2.45) is 5.73 Å². The minimum absolute atomic E-state index is 0.416. The molecule has 0 radical (unpaired) electrons. The highest BCUT2D eigenvalue weighted by molar-refractivity contribution is 5.43. The highest BCUT2D eigenvalue weighted by atomic mass is 16.3. The first-order valence-corrected chi connectivity index (χ1v) is 4.59. The number of anilines is 1. The summed E-state index contributed by atoms with van der Waals surface area (Å²) >= 11 is 0. The van der Waals surface area contributed by atoms with E-state index < -0.39 is 5.60 Å². The fourth-order valence-corrected chi connectivity index (χ4v) is 1.61. The number of aromatic nitrogens is 2. The molecule has 0 spiro atoms. The van der Waals surface area contributed by atoms with Crippen molar-refractivity contribution in [1.82, 2.24) is 9.97 Å². The van der Waals surface area contributed by atoms with Crippen LogP contribution in [0.5, 0.6) is 0 Å². The molecule has 0 atom stereocenters. The summed E-state index contributed by atoms with van der Waals surface area (Å²) in [4.78, 5) is 10.1. The highest BCUT2D eigenvalue weighted by Crippen LogP contribution is 2.25. The normalized spacial score (nSPS) is 19.2. The van der Waals surface area contributed by atoms with Crippen molar-refractivity contribution in [2.75, 3.05) is 18.0 Å². The second-order valence-electron chi connectivity index (χ2n) is 3.92. The quantitative estimate of drug-likeness (QED) is 0.664. The van der Waals surface area contributed by atoms with Crippen LogP contribution in [-0.4, -0.2) is 33.8 Å². The molecule has 2 rings (SSSR count). The number of rotatable bonds is 2. The van der Waals surface area contributed by atoms with Crippen LogP contribution in [0.2, 0.25) is 0 Å². The van der Waals surface area contributed by atoms with Crippen LogP contribution in [0.15, 0.2) is 12.4 Å². The number of β-amino-alcohol motifs (C(OH)–C–C–N with tert-alkyl or cyclic N) is 1. The van der Waals surface area contributed by atoms with Gasteiger partial charge in [-0.1, -0.05) is 0 Å². The van der Waals surface area contributed by atoms with Gasteiger partial charge in [0, 0.05) is 25.7 Å². The predicted molar refractivity (Wildman–Crippen MR) is 52.8 cm³/mol. The molecular weight excluding hydrogens is 180 g/mol. The van der Waals surface area contributed by atoms with Gasteiger partial charge in [-0.25, -0.2) is 9.97 Å². The number of aliphatic hydroxyl groups is 1. The summed E-state index contributed by atoms with van der Waals surface area (Å²) in [5.41, 5.74) is 5.72. The lowest BCUT2D eigenvalue weighted by Crippen LogP contribution is -2.60. The fourth-order valence-electron chi connectivity index (χ4n) is 1.61. The molecule has 0 amide bonds. The number of nitrogens with two attached hydrogens (primary N) is 1. The molecule has 0 aliphatic carbocycles. The number of nitrogens with zero attached hydrogens (tertiary/aromatic N) is 3. The van der Waals surface area contributed by atoms with Crippen molar-refractivity contribution >= 4 is 5.82 Å². The van der Waals surface area contributed by atoms with Gasteiger partial charge in [0.1, 0.15) is 12.1 Å². The van der Waals surface area contributed by atoms with E-state index in [0.29, 0.717) is 19.6 Å². The van der Waals surface area contributed by atoms with E-state index in [2.05, 4.69) is 9.97 Å². The van der Waals surface area contributed by atoms with Gasteiger partial charge >= 0.3 is 0 Å². The van der Waals surface area contributed by atoms with Crippen LogP contribution in [0.1, 0.15) is 12.6 Å². The molecule has 5 heteroatoms. The molecule has 0 unspecified atom stereocenters. The van der Waals surface area contributed by atoms with E-state index in [9.17, 15) is 5.11 Å². The fraction of sp³-hybridized carbons (Fsp3) is 0.556. The molecule has 0 bridgehead atoms. The van der Waals surface area contributed by atoms with Crippen LogP contribution in [0.4, 0.5) is 5.82 Å². The van der Waals surface area contributed by atoms with E-state index >= 15 is 0 Å². The molecule has 1 aromatic heterocycles. The lowest BCUT2D eigenvalue weighted by atomic mass is 9.97. The molecule has 14 heavy (non-hydrogen) atoms. The van der Waals surface area contributed by atoms with Gasteiger partial charge < -0.3 is 15.7 Å². The summed E-state index contributed by atoms with van der Waals surface area (Å²) in [6.07, 6.45) is 1.50. The lowest BCUT2D eigenvalue weighted by Gasteiger charge is -2.44. The molecule has 0 aromatic carbocycles. The summed E-state index contributed by atoms with van der Waals surface area (Å²) in [7, 11) is 0. The van der Waals surface area contributed by atoms with Crippen LogP contribution < -0.4 is 10.6 Å². The Morgan fingerprint density at radius 3 is 2.86 bits per heavy atom. The molecule has 1 aliphatic heterocycles. The van der Waals surface area contributed by atoms with Crippen LogP contribution in [0, 0.1) is 0 Å². The molecule has 0 saturated carbocycles. The Balaban J connectivity index is 2.11. The Hall–Kier alpha value is -1.20. The van der Waals surface area contributed by atoms with Crippen LogP contribution in [0.3, 0.4) is 0 Å². The van der Waals surface area contributed by atoms with Crippen molar-refractivity contribution in [3.63, 3.8) is 0 Å². The van der Waals surface area contributed by atoms with Crippen molar-refractivity contribution < 1.29 is 5.11 Å². The standard InChI is InChI=1S/C9H14N4O/c1-9(14)4-13(5-9)8-2-7(3-10)11-6-12-8/h2,6,14H,3-5,10H2,1H3. The van der Waals surface area contributed by atoms with Crippen LogP contribution in [-0.2, 0) is 6.54 Å². The molecular formula is C9H14N4O. The van der Waals surface area contributed by atoms with Gasteiger partial charge in [0.15, 0.2) is 0 Å². The molecule has 1 fully saturated rings. The Morgan fingerprint density at radius 1 is 1.57 bits per heavy atom. The Labute approximate surface area is 82.6 Å². The zero-order valence-corrected chi connectivity index (χ0v) is 8.14. The van der Waals surface area contributed by atoms with Crippen molar-refractivity contribution in [3.05, 3.63) is 18.1 Å². The molecule has 76 valence electrons. The maximum atomic E-state index is 9.56. The van der Waals surface area contributed by atoms with E-state index in [0.717, 1.165) is 11.5 Å². The van der Waals surface area contributed by atoms with E-state index in [1.807, 2.05) is 17.9 Å². The topological polar surface area (TPSA) is 75.3 Å². The van der Waals surface area contributed by atoms with Gasteiger partial charge in [0.05, 0.1) is 11.3 Å². The second-order valence-corrected chi connectivity index (χ2v) is 3.92. The SMILES string of the molecule is CC1(O)CN(c2cc(CN)ncn2)C1. The van der Waals surface area contributed by atoms with E-state index in [1.54, 1.807) is 0 Å². The molecule has 1 aromatic rings. The van der Waals surface area contributed by atoms with Gasteiger partial charge in [0.2, 0.25) is 0 Å². The van der Waals surface area contributed by atoms with Crippen molar-refractivity contribution in [1.29, 1.82) is 0 Å². The first-order chi connectivity index (χ1) is 6.61. The van der Waals surface area contributed by atoms with E-state index in [1.165, 1.54) is 6.33 Å². The van der Waals surface area contributed by atoms with Gasteiger partial charge in [-0.15, -0.1) is 0 Å². The van der Waals surface area contributed by atoms with Crippen molar-refractivity contribution in [3.8, 4) is 0 Å². The van der Waals surface area contributed by atoms with Crippen molar-refractivity contribution in [2.45, 2.75) is 19.1 Å². The maximum absolute atomic E-state index is 9.56. The minimum Gasteiger partial charge on any atom is -0.386 e. The molecule has 1 saturated heterocycles. The monoisotopic (exact) mass is 194 g/mol. The van der Waals surface area contributed by atoms with Gasteiger partial charge in [-0.2, -0.15) is 0 Å². The first-order valence-electron chi connectivity index (χ1n) is 4.59. The predicted octanol–water partition coefficient (Wildman–Crippen LogP) is -0.494. The first kappa shape index (κ1) is 9.36. The maximum Gasteiger partial charge on any atom is 0.132 e. The summed E-state index contributed by atoms with van der Waals surface area (Å²) < 4.78 is 0. The van der Waals surface area contributed by atoms with Gasteiger partial charge in [-0.05, 0) is 6.92 Å². The third-order valence-corrected chi connectivity index (χ3v) is 2.31. The summed E-state index contributed by atoms with van der Waals surface area (Å²) in [5, 5.41) is 9.56. The lowest BCUT2D eigenvalue weighted by molar-refractivity contribution is 0.0305. The molecule has 5 nitrogen and oxygen atoms in total. The average molecular weight is 194 g/mol. The zero-order chi connectivity index (χ0) is 10.2. The highest BCUT2D eigenvalue weighted by Gasteiger charge is 2.37. The van der Waals surface area contributed by atoms with Crippen LogP contribution >= 0.6 is 0 Å². The second kappa shape index (κ2) is 3.18. The molecule has 1 aliphatic rings. The third kappa shape index (κ3) is 1.69. The average Bonchev–Trinajstić information content (AvgIpc) is 2.14. The summed E-state index contributed by atoms with van der Waals surface area (Å²) in [6.45, 7) is 3.47. The third-order valence-electron chi connectivity index (χ3n) is 2.31. The summed E-state index contributed by atoms with van der Waals surface area (Å²) in [5.74, 6) is 0.840. The molecule has 2 heterocycles. The number of hydrogen-bond acceptors (Lipinski definition) is 5. The van der Waals surface area contributed by atoms with E-state index in [-0.39, 0.29) is 0 Å². The zero-order valence-electron chi connectivity index (χ0n) is 8.14. The van der Waals surface area contributed by atoms with Gasteiger partial charge in [-0.3, -0.25) is 0 Å². The Bertz CT molecular complexity index is 331. The Morgan fingerprint density at radius 2 is 2.29 bits per heavy atom. The van der Waals surface area contributed by atoms with Gasteiger partial charge in [0.25, 0.3) is 0 Å². The minimum atomic E-state index is -0.576. The Kier molecular flexibility index (Phi) is 2.13.